The lowest BCUT2D eigenvalue weighted by Crippen LogP contribution is -2.10. The molecule has 3 nitrogen and oxygen atoms in total. The molecule has 1 rings (SSSR count). The molecule has 1 aromatic rings. The van der Waals surface area contributed by atoms with Gasteiger partial charge in [0.25, 0.3) is 0 Å². The molecule has 0 aromatic carbocycles. The fourth-order valence-electron chi connectivity index (χ4n) is 0.817. The largest absolute Gasteiger partial charge is 0.350 e. The summed E-state index contributed by atoms with van der Waals surface area (Å²) in [6.07, 6.45) is 3.28. The van der Waals surface area contributed by atoms with E-state index in [4.69, 9.17) is 17.6 Å². The van der Waals surface area contributed by atoms with E-state index in [-0.39, 0.29) is 5.92 Å². The maximum atomic E-state index is 7.68. The Morgan fingerprint density at radius 1 is 1.67 bits per heavy atom. The van der Waals surface area contributed by atoms with Crippen LogP contribution in [0.5, 0.6) is 0 Å². The number of rotatable bonds is 2. The Labute approximate surface area is 76.4 Å². The molecule has 0 atom stereocenters. The van der Waals surface area contributed by atoms with Gasteiger partial charge in [-0.05, 0) is 5.92 Å². The lowest BCUT2D eigenvalue weighted by Gasteiger charge is -2.05. The average molecular weight is 181 g/mol. The number of aromatic nitrogens is 2. The van der Waals surface area contributed by atoms with Crippen molar-refractivity contribution in [2.75, 3.05) is 0 Å². The molecule has 4 heteroatoms. The van der Waals surface area contributed by atoms with Gasteiger partial charge < -0.3 is 10.4 Å². The summed E-state index contributed by atoms with van der Waals surface area (Å²) in [4.78, 5) is 6.89. The lowest BCUT2D eigenvalue weighted by atomic mass is 10.1. The number of nitrogens with one attached hydrogen (secondary N) is 2. The molecular formula is C8H11N3S. The highest BCUT2D eigenvalue weighted by atomic mass is 32.1. The minimum absolute atomic E-state index is 0.162. The van der Waals surface area contributed by atoms with E-state index in [1.807, 2.05) is 13.8 Å². The van der Waals surface area contributed by atoms with Gasteiger partial charge in [-0.15, -0.1) is 0 Å². The highest BCUT2D eigenvalue weighted by Crippen LogP contribution is 2.04. The summed E-state index contributed by atoms with van der Waals surface area (Å²) in [7, 11) is 0. The highest BCUT2D eigenvalue weighted by molar-refractivity contribution is 7.71. The quantitative estimate of drug-likeness (QED) is 0.542. The first-order chi connectivity index (χ1) is 5.63. The van der Waals surface area contributed by atoms with Crippen LogP contribution in [-0.2, 0) is 0 Å². The first-order valence-corrected chi connectivity index (χ1v) is 4.16. The molecular weight excluding hydrogens is 170 g/mol. The summed E-state index contributed by atoms with van der Waals surface area (Å²) in [6.45, 7) is 3.90. The Balaban J connectivity index is 3.12. The molecule has 0 saturated heterocycles. The van der Waals surface area contributed by atoms with E-state index in [2.05, 4.69) is 9.97 Å². The first-order valence-electron chi connectivity index (χ1n) is 3.75. The van der Waals surface area contributed by atoms with Crippen molar-refractivity contribution < 1.29 is 0 Å². The summed E-state index contributed by atoms with van der Waals surface area (Å²) in [5, 5.41) is 7.68. The predicted octanol–water partition coefficient (Wildman–Crippen LogP) is 2.16. The molecule has 0 aliphatic heterocycles. The van der Waals surface area contributed by atoms with Crippen LogP contribution < -0.4 is 0 Å². The van der Waals surface area contributed by atoms with E-state index >= 15 is 0 Å². The molecule has 0 saturated carbocycles. The van der Waals surface area contributed by atoms with Gasteiger partial charge in [-0.3, -0.25) is 4.98 Å². The number of H-pyrrole nitrogens is 1. The summed E-state index contributed by atoms with van der Waals surface area (Å²) < 4.78 is 0.538. The molecule has 0 aliphatic carbocycles. The molecule has 0 fully saturated rings. The standard InChI is InChI=1S/C8H11N3S/c1-5(2)6(9)7-8(12)11-4-3-10-7/h3-5,9H,1-2H3,(H,11,12). The van der Waals surface area contributed by atoms with Gasteiger partial charge >= 0.3 is 0 Å². The molecule has 64 valence electrons. The van der Waals surface area contributed by atoms with E-state index in [9.17, 15) is 0 Å². The monoisotopic (exact) mass is 181 g/mol. The Bertz CT molecular complexity index is 340. The van der Waals surface area contributed by atoms with Crippen molar-refractivity contribution in [3.05, 3.63) is 22.7 Å². The third kappa shape index (κ3) is 1.76. The van der Waals surface area contributed by atoms with Crippen molar-refractivity contribution in [2.24, 2.45) is 5.92 Å². The van der Waals surface area contributed by atoms with Crippen molar-refractivity contribution in [3.63, 3.8) is 0 Å². The summed E-state index contributed by atoms with van der Waals surface area (Å²) >= 11 is 4.99. The van der Waals surface area contributed by atoms with Crippen LogP contribution in [0.15, 0.2) is 12.4 Å². The minimum Gasteiger partial charge on any atom is -0.350 e. The number of hydrogen-bond donors (Lipinski definition) is 2. The van der Waals surface area contributed by atoms with Gasteiger partial charge in [0.05, 0.1) is 5.71 Å². The van der Waals surface area contributed by atoms with Gasteiger partial charge in [0.1, 0.15) is 10.3 Å². The third-order valence-electron chi connectivity index (χ3n) is 1.54. The van der Waals surface area contributed by atoms with E-state index in [0.717, 1.165) is 0 Å². The number of aromatic amines is 1. The molecule has 12 heavy (non-hydrogen) atoms. The van der Waals surface area contributed by atoms with Crippen molar-refractivity contribution in [2.45, 2.75) is 13.8 Å². The van der Waals surface area contributed by atoms with Gasteiger partial charge in [-0.1, -0.05) is 26.1 Å². The Morgan fingerprint density at radius 3 is 2.83 bits per heavy atom. The maximum Gasteiger partial charge on any atom is 0.131 e. The van der Waals surface area contributed by atoms with Crippen molar-refractivity contribution in [1.82, 2.24) is 9.97 Å². The van der Waals surface area contributed by atoms with Crippen molar-refractivity contribution in [1.29, 1.82) is 5.41 Å². The lowest BCUT2D eigenvalue weighted by molar-refractivity contribution is 0.868. The Hall–Kier alpha value is -1.03. The van der Waals surface area contributed by atoms with Crippen LogP contribution in [0.1, 0.15) is 19.5 Å². The van der Waals surface area contributed by atoms with Crippen LogP contribution in [0.25, 0.3) is 0 Å². The molecule has 0 amide bonds. The average Bonchev–Trinajstić information content (AvgIpc) is 2.04. The van der Waals surface area contributed by atoms with Gasteiger partial charge in [0.15, 0.2) is 0 Å². The number of hydrogen-bond acceptors (Lipinski definition) is 3. The van der Waals surface area contributed by atoms with Gasteiger partial charge in [-0.2, -0.15) is 0 Å². The van der Waals surface area contributed by atoms with Gasteiger partial charge in [0.2, 0.25) is 0 Å². The SMILES string of the molecule is CC(C)C(=N)c1ncc[nH]c1=S. The fourth-order valence-corrected chi connectivity index (χ4v) is 1.05. The Morgan fingerprint density at radius 2 is 2.33 bits per heavy atom. The summed E-state index contributed by atoms with van der Waals surface area (Å²) in [5.74, 6) is 0.162. The topological polar surface area (TPSA) is 52.5 Å². The second-order valence-electron chi connectivity index (χ2n) is 2.84. The van der Waals surface area contributed by atoms with Crippen LogP contribution in [-0.4, -0.2) is 15.7 Å². The molecule has 0 unspecified atom stereocenters. The van der Waals surface area contributed by atoms with Crippen LogP contribution in [0.4, 0.5) is 0 Å². The van der Waals surface area contributed by atoms with E-state index < -0.39 is 0 Å². The normalized spacial score (nSPS) is 10.2. The zero-order chi connectivity index (χ0) is 9.14. The van der Waals surface area contributed by atoms with Crippen LogP contribution >= 0.6 is 12.2 Å². The molecule has 0 radical (unpaired) electrons. The highest BCUT2D eigenvalue weighted by Gasteiger charge is 2.08. The molecule has 1 heterocycles. The van der Waals surface area contributed by atoms with E-state index in [0.29, 0.717) is 16.0 Å². The predicted molar refractivity (Wildman–Crippen MR) is 51.1 cm³/mol. The van der Waals surface area contributed by atoms with E-state index in [1.54, 1.807) is 12.4 Å². The molecule has 0 aliphatic rings. The molecule has 0 bridgehead atoms. The smallest absolute Gasteiger partial charge is 0.131 e. The van der Waals surface area contributed by atoms with Crippen LogP contribution in [0.3, 0.4) is 0 Å². The van der Waals surface area contributed by atoms with Gasteiger partial charge in [0, 0.05) is 12.4 Å². The second kappa shape index (κ2) is 3.58. The van der Waals surface area contributed by atoms with Gasteiger partial charge in [-0.25, -0.2) is 0 Å². The summed E-state index contributed by atoms with van der Waals surface area (Å²) in [6, 6.07) is 0. The molecule has 0 spiro atoms. The minimum atomic E-state index is 0.162. The maximum absolute atomic E-state index is 7.68. The van der Waals surface area contributed by atoms with Crippen LogP contribution in [0, 0.1) is 16.0 Å². The zero-order valence-electron chi connectivity index (χ0n) is 7.09. The second-order valence-corrected chi connectivity index (χ2v) is 3.24. The zero-order valence-corrected chi connectivity index (χ0v) is 7.90. The van der Waals surface area contributed by atoms with Crippen molar-refractivity contribution in [3.8, 4) is 0 Å². The van der Waals surface area contributed by atoms with Crippen molar-refractivity contribution >= 4 is 17.9 Å². The third-order valence-corrected chi connectivity index (χ3v) is 1.85. The first kappa shape index (κ1) is 9.06. The number of nitrogens with zero attached hydrogens (tertiary/aromatic N) is 1. The Kier molecular flexibility index (Phi) is 2.70. The van der Waals surface area contributed by atoms with Crippen LogP contribution in [0.2, 0.25) is 0 Å². The fraction of sp³-hybridized carbons (Fsp3) is 0.375. The molecule has 1 aromatic heterocycles. The molecule has 2 N–H and O–H groups in total. The van der Waals surface area contributed by atoms with E-state index in [1.165, 1.54) is 0 Å². The summed E-state index contributed by atoms with van der Waals surface area (Å²) in [5.41, 5.74) is 1.07.